The van der Waals surface area contributed by atoms with Crippen LogP contribution in [0.3, 0.4) is 0 Å². The highest BCUT2D eigenvalue weighted by Crippen LogP contribution is 2.26. The summed E-state index contributed by atoms with van der Waals surface area (Å²) >= 11 is 0. The summed E-state index contributed by atoms with van der Waals surface area (Å²) in [4.78, 5) is 0.191. The summed E-state index contributed by atoms with van der Waals surface area (Å²) in [6, 6.07) is 5.91. The van der Waals surface area contributed by atoms with Crippen LogP contribution in [0.2, 0.25) is 0 Å². The van der Waals surface area contributed by atoms with Crippen molar-refractivity contribution in [3.05, 3.63) is 41.7 Å². The maximum Gasteiger partial charge on any atom is 0.265 e. The molecule has 0 saturated carbocycles. The molecule has 0 unspecified atom stereocenters. The number of rotatable bonds is 4. The fourth-order valence-corrected chi connectivity index (χ4v) is 3.58. The van der Waals surface area contributed by atoms with Gasteiger partial charge in [0.05, 0.1) is 6.20 Å². The standard InChI is InChI=1S/C15H19N3O2S/c1-11(2)18-10-15(9-16-18)21(19,20)17-14-7-6-12-4-3-5-13(12)8-14/h6-11,17H,3-5H2,1-2H3. The van der Waals surface area contributed by atoms with Gasteiger partial charge in [-0.25, -0.2) is 8.42 Å². The Morgan fingerprint density at radius 2 is 2.00 bits per heavy atom. The zero-order valence-electron chi connectivity index (χ0n) is 12.2. The van der Waals surface area contributed by atoms with E-state index in [9.17, 15) is 8.42 Å². The summed E-state index contributed by atoms with van der Waals surface area (Å²) in [5.74, 6) is 0. The molecule has 1 aliphatic rings. The van der Waals surface area contributed by atoms with Gasteiger partial charge in [-0.15, -0.1) is 0 Å². The number of nitrogens with zero attached hydrogens (tertiary/aromatic N) is 2. The Labute approximate surface area is 125 Å². The van der Waals surface area contributed by atoms with E-state index in [1.165, 1.54) is 17.3 Å². The van der Waals surface area contributed by atoms with E-state index in [1.54, 1.807) is 10.9 Å². The molecule has 6 heteroatoms. The Morgan fingerprint density at radius 3 is 2.71 bits per heavy atom. The quantitative estimate of drug-likeness (QED) is 0.944. The predicted molar refractivity (Wildman–Crippen MR) is 81.9 cm³/mol. The summed E-state index contributed by atoms with van der Waals surface area (Å²) in [5, 5.41) is 4.08. The third-order valence-corrected chi connectivity index (χ3v) is 5.10. The van der Waals surface area contributed by atoms with Gasteiger partial charge in [0.1, 0.15) is 4.90 Å². The Kier molecular flexibility index (Phi) is 3.49. The third-order valence-electron chi connectivity index (χ3n) is 3.77. The van der Waals surface area contributed by atoms with Crippen LogP contribution in [0.15, 0.2) is 35.5 Å². The Balaban J connectivity index is 1.85. The molecule has 112 valence electrons. The zero-order valence-corrected chi connectivity index (χ0v) is 13.0. The van der Waals surface area contributed by atoms with E-state index < -0.39 is 10.0 Å². The van der Waals surface area contributed by atoms with Crippen LogP contribution in [0.4, 0.5) is 5.69 Å². The van der Waals surface area contributed by atoms with Crippen LogP contribution >= 0.6 is 0 Å². The smallest absolute Gasteiger partial charge is 0.265 e. The van der Waals surface area contributed by atoms with E-state index >= 15 is 0 Å². The van der Waals surface area contributed by atoms with Crippen molar-refractivity contribution < 1.29 is 8.42 Å². The van der Waals surface area contributed by atoms with Crippen LogP contribution in [0, 0.1) is 0 Å². The molecule has 2 aromatic rings. The molecule has 1 aromatic heterocycles. The highest BCUT2D eigenvalue weighted by Gasteiger charge is 2.18. The van der Waals surface area contributed by atoms with Gasteiger partial charge in [-0.05, 0) is 56.4 Å². The first-order chi connectivity index (χ1) is 9.95. The SMILES string of the molecule is CC(C)n1cc(S(=O)(=O)Nc2ccc3c(c2)CCC3)cn1. The van der Waals surface area contributed by atoms with Gasteiger partial charge < -0.3 is 0 Å². The summed E-state index contributed by atoms with van der Waals surface area (Å²) in [6.45, 7) is 3.91. The van der Waals surface area contributed by atoms with Crippen molar-refractivity contribution in [1.82, 2.24) is 9.78 Å². The van der Waals surface area contributed by atoms with Crippen LogP contribution in [-0.4, -0.2) is 18.2 Å². The van der Waals surface area contributed by atoms with Crippen LogP contribution in [-0.2, 0) is 22.9 Å². The number of aromatic nitrogens is 2. The second-order valence-electron chi connectivity index (χ2n) is 5.69. The Hall–Kier alpha value is -1.82. The van der Waals surface area contributed by atoms with Crippen molar-refractivity contribution in [3.8, 4) is 0 Å². The molecule has 0 amide bonds. The normalized spacial score (nSPS) is 14.4. The molecule has 1 aromatic carbocycles. The van der Waals surface area contributed by atoms with Gasteiger partial charge in [0.15, 0.2) is 0 Å². The minimum absolute atomic E-state index is 0.133. The number of hydrogen-bond acceptors (Lipinski definition) is 3. The number of hydrogen-bond donors (Lipinski definition) is 1. The third kappa shape index (κ3) is 2.81. The lowest BCUT2D eigenvalue weighted by atomic mass is 10.1. The molecule has 1 N–H and O–H groups in total. The van der Waals surface area contributed by atoms with Crippen molar-refractivity contribution in [2.24, 2.45) is 0 Å². The van der Waals surface area contributed by atoms with Gasteiger partial charge in [-0.2, -0.15) is 5.10 Å². The van der Waals surface area contributed by atoms with Gasteiger partial charge in [0.2, 0.25) is 0 Å². The molecule has 0 atom stereocenters. The van der Waals surface area contributed by atoms with E-state index in [4.69, 9.17) is 0 Å². The maximum absolute atomic E-state index is 12.4. The maximum atomic E-state index is 12.4. The highest BCUT2D eigenvalue weighted by atomic mass is 32.2. The van der Waals surface area contributed by atoms with Crippen molar-refractivity contribution in [3.63, 3.8) is 0 Å². The molecule has 21 heavy (non-hydrogen) atoms. The lowest BCUT2D eigenvalue weighted by Crippen LogP contribution is -2.12. The Morgan fingerprint density at radius 1 is 1.24 bits per heavy atom. The fourth-order valence-electron chi connectivity index (χ4n) is 2.59. The summed E-state index contributed by atoms with van der Waals surface area (Å²) in [5.41, 5.74) is 3.19. The minimum atomic E-state index is -3.58. The number of nitrogens with one attached hydrogen (secondary N) is 1. The first-order valence-electron chi connectivity index (χ1n) is 7.14. The van der Waals surface area contributed by atoms with Gasteiger partial charge in [0.25, 0.3) is 10.0 Å². The fraction of sp³-hybridized carbons (Fsp3) is 0.400. The summed E-state index contributed by atoms with van der Waals surface area (Å²) in [6.07, 6.45) is 6.20. The predicted octanol–water partition coefficient (Wildman–Crippen LogP) is 2.75. The summed E-state index contributed by atoms with van der Waals surface area (Å²) in [7, 11) is -3.58. The first-order valence-corrected chi connectivity index (χ1v) is 8.63. The molecular weight excluding hydrogens is 286 g/mol. The molecule has 0 aliphatic heterocycles. The molecular formula is C15H19N3O2S. The van der Waals surface area contributed by atoms with Crippen molar-refractivity contribution >= 4 is 15.7 Å². The van der Waals surface area contributed by atoms with Gasteiger partial charge >= 0.3 is 0 Å². The Bertz CT molecular complexity index is 763. The molecule has 0 radical (unpaired) electrons. The van der Waals surface area contributed by atoms with Crippen LogP contribution in [0.1, 0.15) is 37.4 Å². The molecule has 0 fully saturated rings. The average molecular weight is 305 g/mol. The number of benzene rings is 1. The molecule has 0 saturated heterocycles. The van der Waals surface area contributed by atoms with Gasteiger partial charge in [-0.3, -0.25) is 9.40 Å². The number of fused-ring (bicyclic) bond motifs is 1. The second kappa shape index (κ2) is 5.18. The molecule has 3 rings (SSSR count). The van der Waals surface area contributed by atoms with Crippen LogP contribution in [0.5, 0.6) is 0 Å². The van der Waals surface area contributed by atoms with E-state index in [-0.39, 0.29) is 10.9 Å². The molecule has 1 heterocycles. The lowest BCUT2D eigenvalue weighted by Gasteiger charge is -2.08. The van der Waals surface area contributed by atoms with Gasteiger partial charge in [-0.1, -0.05) is 6.07 Å². The van der Waals surface area contributed by atoms with Crippen molar-refractivity contribution in [2.45, 2.75) is 44.0 Å². The zero-order chi connectivity index (χ0) is 15.0. The number of anilines is 1. The average Bonchev–Trinajstić information content (AvgIpc) is 3.07. The van der Waals surface area contributed by atoms with E-state index in [2.05, 4.69) is 9.82 Å². The monoisotopic (exact) mass is 305 g/mol. The van der Waals surface area contributed by atoms with E-state index in [1.807, 2.05) is 32.0 Å². The first kappa shape index (κ1) is 14.1. The van der Waals surface area contributed by atoms with Gasteiger partial charge in [0, 0.05) is 17.9 Å². The van der Waals surface area contributed by atoms with Crippen LogP contribution < -0.4 is 4.72 Å². The van der Waals surface area contributed by atoms with E-state index in [0.717, 1.165) is 19.3 Å². The molecule has 1 aliphatic carbocycles. The topological polar surface area (TPSA) is 64.0 Å². The number of sulfonamides is 1. The highest BCUT2D eigenvalue weighted by molar-refractivity contribution is 7.92. The summed E-state index contributed by atoms with van der Waals surface area (Å²) < 4.78 is 29.0. The molecule has 5 nitrogen and oxygen atoms in total. The minimum Gasteiger partial charge on any atom is -0.280 e. The number of aryl methyl sites for hydroxylation is 2. The largest absolute Gasteiger partial charge is 0.280 e. The molecule has 0 bridgehead atoms. The van der Waals surface area contributed by atoms with E-state index in [0.29, 0.717) is 5.69 Å². The molecule has 0 spiro atoms. The second-order valence-corrected chi connectivity index (χ2v) is 7.37. The van der Waals surface area contributed by atoms with Crippen LogP contribution in [0.25, 0.3) is 0 Å². The van der Waals surface area contributed by atoms with Crippen molar-refractivity contribution in [1.29, 1.82) is 0 Å². The lowest BCUT2D eigenvalue weighted by molar-refractivity contribution is 0.531. The van der Waals surface area contributed by atoms with Crippen molar-refractivity contribution in [2.75, 3.05) is 4.72 Å².